The van der Waals surface area contributed by atoms with Crippen LogP contribution in [0.3, 0.4) is 0 Å². The van der Waals surface area contributed by atoms with Crippen molar-refractivity contribution in [3.05, 3.63) is 83.0 Å². The van der Waals surface area contributed by atoms with E-state index in [-0.39, 0.29) is 5.15 Å². The first-order chi connectivity index (χ1) is 11.3. The lowest BCUT2D eigenvalue weighted by molar-refractivity contribution is 0.306. The summed E-state index contributed by atoms with van der Waals surface area (Å²) in [5.74, 6) is 0.789. The molecule has 112 valence electrons. The zero-order valence-corrected chi connectivity index (χ0v) is 13.0. The van der Waals surface area contributed by atoms with E-state index in [1.807, 2.05) is 60.7 Å². The molecule has 1 aromatic heterocycles. The Kier molecular flexibility index (Phi) is 4.56. The predicted molar refractivity (Wildman–Crippen MR) is 90.2 cm³/mol. The highest BCUT2D eigenvalue weighted by Crippen LogP contribution is 2.24. The van der Waals surface area contributed by atoms with Gasteiger partial charge in [0.15, 0.2) is 0 Å². The van der Waals surface area contributed by atoms with Crippen LogP contribution in [0.5, 0.6) is 5.75 Å². The van der Waals surface area contributed by atoms with E-state index in [1.165, 1.54) is 0 Å². The molecule has 2 aromatic carbocycles. The van der Waals surface area contributed by atoms with Gasteiger partial charge < -0.3 is 4.74 Å². The summed E-state index contributed by atoms with van der Waals surface area (Å²) in [5, 5.41) is 9.10. The zero-order chi connectivity index (χ0) is 16.1. The third-order valence-corrected chi connectivity index (χ3v) is 3.66. The molecule has 0 atom stereocenters. The molecule has 0 saturated heterocycles. The number of aromatic nitrogens is 1. The smallest absolute Gasteiger partial charge is 0.147 e. The van der Waals surface area contributed by atoms with Gasteiger partial charge in [-0.3, -0.25) is 0 Å². The van der Waals surface area contributed by atoms with Gasteiger partial charge >= 0.3 is 0 Å². The minimum absolute atomic E-state index is 0.217. The van der Waals surface area contributed by atoms with Crippen molar-refractivity contribution in [3.63, 3.8) is 0 Å². The normalized spacial score (nSPS) is 10.1. The Hall–Kier alpha value is -2.83. The molecule has 0 fully saturated rings. The summed E-state index contributed by atoms with van der Waals surface area (Å²) in [4.78, 5) is 4.24. The summed E-state index contributed by atoms with van der Waals surface area (Å²) < 4.78 is 5.75. The number of rotatable bonds is 4. The van der Waals surface area contributed by atoms with Crippen LogP contribution >= 0.6 is 11.6 Å². The minimum Gasteiger partial charge on any atom is -0.489 e. The molecule has 3 nitrogen and oxygen atoms in total. The van der Waals surface area contributed by atoms with Gasteiger partial charge in [0.2, 0.25) is 0 Å². The summed E-state index contributed by atoms with van der Waals surface area (Å²) in [6.07, 6.45) is 0. The first-order valence-corrected chi connectivity index (χ1v) is 7.48. The molecule has 23 heavy (non-hydrogen) atoms. The van der Waals surface area contributed by atoms with Gasteiger partial charge in [-0.15, -0.1) is 0 Å². The molecule has 3 aromatic rings. The molecule has 0 unspecified atom stereocenters. The summed E-state index contributed by atoms with van der Waals surface area (Å²) in [5.41, 5.74) is 3.14. The lowest BCUT2D eigenvalue weighted by Crippen LogP contribution is -1.95. The van der Waals surface area contributed by atoms with Gasteiger partial charge in [0.25, 0.3) is 0 Å². The second kappa shape index (κ2) is 6.95. The molecule has 0 aliphatic rings. The second-order valence-corrected chi connectivity index (χ2v) is 5.30. The quantitative estimate of drug-likeness (QED) is 0.645. The molecule has 0 amide bonds. The molecule has 0 aliphatic heterocycles. The standard InChI is InChI=1S/C19H13ClN2O/c20-19-16(12-21)8-11-18(22-19)15-6-9-17(10-7-15)23-13-14-4-2-1-3-5-14/h1-11H,13H2. The van der Waals surface area contributed by atoms with Crippen LogP contribution in [0.2, 0.25) is 5.15 Å². The number of halogens is 1. The molecule has 0 radical (unpaired) electrons. The second-order valence-electron chi connectivity index (χ2n) is 4.95. The number of nitrogens with zero attached hydrogens (tertiary/aromatic N) is 2. The number of ether oxygens (including phenoxy) is 1. The van der Waals surface area contributed by atoms with Crippen molar-refractivity contribution in [2.24, 2.45) is 0 Å². The number of pyridine rings is 1. The van der Waals surface area contributed by atoms with E-state index in [0.29, 0.717) is 12.2 Å². The van der Waals surface area contributed by atoms with Crippen molar-refractivity contribution in [2.75, 3.05) is 0 Å². The summed E-state index contributed by atoms with van der Waals surface area (Å²) >= 11 is 5.97. The van der Waals surface area contributed by atoms with Crippen molar-refractivity contribution in [3.8, 4) is 23.1 Å². The van der Waals surface area contributed by atoms with Gasteiger partial charge in [-0.1, -0.05) is 41.9 Å². The van der Waals surface area contributed by atoms with Gasteiger partial charge in [0.05, 0.1) is 11.3 Å². The van der Waals surface area contributed by atoms with Crippen molar-refractivity contribution < 1.29 is 4.74 Å². The highest BCUT2D eigenvalue weighted by molar-refractivity contribution is 6.30. The SMILES string of the molecule is N#Cc1ccc(-c2ccc(OCc3ccccc3)cc2)nc1Cl. The van der Waals surface area contributed by atoms with Gasteiger partial charge in [-0.25, -0.2) is 4.98 Å². The van der Waals surface area contributed by atoms with Crippen molar-refractivity contribution in [1.29, 1.82) is 5.26 Å². The maximum absolute atomic E-state index is 8.88. The number of hydrogen-bond acceptors (Lipinski definition) is 3. The Balaban J connectivity index is 1.72. The molecular formula is C19H13ClN2O. The first kappa shape index (κ1) is 15.1. The van der Waals surface area contributed by atoms with Crippen LogP contribution in [0.25, 0.3) is 11.3 Å². The van der Waals surface area contributed by atoms with Gasteiger partial charge in [0, 0.05) is 5.56 Å². The Labute approximate surface area is 139 Å². The Morgan fingerprint density at radius 3 is 2.35 bits per heavy atom. The van der Waals surface area contributed by atoms with E-state index in [4.69, 9.17) is 21.6 Å². The van der Waals surface area contributed by atoms with E-state index in [9.17, 15) is 0 Å². The minimum atomic E-state index is 0.217. The molecule has 0 spiro atoms. The van der Waals surface area contributed by atoms with E-state index in [1.54, 1.807) is 12.1 Å². The first-order valence-electron chi connectivity index (χ1n) is 7.10. The lowest BCUT2D eigenvalue weighted by atomic mass is 10.1. The van der Waals surface area contributed by atoms with Crippen LogP contribution < -0.4 is 4.74 Å². The Morgan fingerprint density at radius 2 is 1.70 bits per heavy atom. The fourth-order valence-electron chi connectivity index (χ4n) is 2.14. The molecule has 0 N–H and O–H groups in total. The average Bonchev–Trinajstić information content (AvgIpc) is 2.61. The van der Waals surface area contributed by atoms with E-state index < -0.39 is 0 Å². The summed E-state index contributed by atoms with van der Waals surface area (Å²) in [6.45, 7) is 0.529. The maximum Gasteiger partial charge on any atom is 0.147 e. The van der Waals surface area contributed by atoms with Gasteiger partial charge in [-0.2, -0.15) is 5.26 Å². The fourth-order valence-corrected chi connectivity index (χ4v) is 2.34. The van der Waals surface area contributed by atoms with Gasteiger partial charge in [0.1, 0.15) is 23.6 Å². The van der Waals surface area contributed by atoms with Crippen LogP contribution in [-0.2, 0) is 6.61 Å². The maximum atomic E-state index is 8.88. The molecule has 0 saturated carbocycles. The van der Waals surface area contributed by atoms with Crippen LogP contribution in [0.15, 0.2) is 66.7 Å². The number of benzene rings is 2. The van der Waals surface area contributed by atoms with Crippen molar-refractivity contribution in [2.45, 2.75) is 6.61 Å². The van der Waals surface area contributed by atoms with Crippen molar-refractivity contribution in [1.82, 2.24) is 4.98 Å². The van der Waals surface area contributed by atoms with Gasteiger partial charge in [-0.05, 0) is 42.0 Å². The summed E-state index contributed by atoms with van der Waals surface area (Å²) in [6, 6.07) is 23.1. The number of hydrogen-bond donors (Lipinski definition) is 0. The monoisotopic (exact) mass is 320 g/mol. The third kappa shape index (κ3) is 3.68. The highest BCUT2D eigenvalue weighted by Gasteiger charge is 2.05. The average molecular weight is 321 g/mol. The lowest BCUT2D eigenvalue weighted by Gasteiger charge is -2.07. The molecule has 0 bridgehead atoms. The van der Waals surface area contributed by atoms with Crippen LogP contribution in [0, 0.1) is 11.3 Å². The predicted octanol–water partition coefficient (Wildman–Crippen LogP) is 4.85. The van der Waals surface area contributed by atoms with Crippen LogP contribution in [-0.4, -0.2) is 4.98 Å². The van der Waals surface area contributed by atoms with Crippen LogP contribution in [0.4, 0.5) is 0 Å². The molecule has 4 heteroatoms. The van der Waals surface area contributed by atoms with Crippen LogP contribution in [0.1, 0.15) is 11.1 Å². The zero-order valence-electron chi connectivity index (χ0n) is 12.2. The number of nitriles is 1. The molecule has 3 rings (SSSR count). The topological polar surface area (TPSA) is 45.9 Å². The fraction of sp³-hybridized carbons (Fsp3) is 0.0526. The third-order valence-electron chi connectivity index (χ3n) is 3.37. The largest absolute Gasteiger partial charge is 0.489 e. The molecule has 1 heterocycles. The van der Waals surface area contributed by atoms with E-state index in [2.05, 4.69) is 4.98 Å². The Morgan fingerprint density at radius 1 is 0.957 bits per heavy atom. The highest BCUT2D eigenvalue weighted by atomic mass is 35.5. The molecule has 0 aliphatic carbocycles. The van der Waals surface area contributed by atoms with E-state index >= 15 is 0 Å². The Bertz CT molecular complexity index is 839. The summed E-state index contributed by atoms with van der Waals surface area (Å²) in [7, 11) is 0. The molecular weight excluding hydrogens is 308 g/mol. The van der Waals surface area contributed by atoms with Crippen molar-refractivity contribution >= 4 is 11.6 Å². The van der Waals surface area contributed by atoms with E-state index in [0.717, 1.165) is 22.6 Å².